The van der Waals surface area contributed by atoms with Crippen molar-refractivity contribution in [3.8, 4) is 5.75 Å². The number of ether oxygens (including phenoxy) is 1. The summed E-state index contributed by atoms with van der Waals surface area (Å²) in [5, 5.41) is 5.89. The quantitative estimate of drug-likeness (QED) is 0.683. The Morgan fingerprint density at radius 2 is 1.91 bits per heavy atom. The van der Waals surface area contributed by atoms with Crippen LogP contribution < -0.4 is 15.4 Å². The van der Waals surface area contributed by atoms with Crippen LogP contribution in [0.3, 0.4) is 0 Å². The molecule has 1 aromatic carbocycles. The largest absolute Gasteiger partial charge is 0.497 e. The molecule has 2 saturated carbocycles. The van der Waals surface area contributed by atoms with Gasteiger partial charge in [0.15, 0.2) is 5.69 Å². The molecule has 0 unspecified atom stereocenters. The van der Waals surface area contributed by atoms with Crippen LogP contribution in [-0.2, 0) is 17.9 Å². The third-order valence-electron chi connectivity index (χ3n) is 6.41. The Balaban J connectivity index is 1.38. The van der Waals surface area contributed by atoms with Gasteiger partial charge in [-0.1, -0.05) is 12.1 Å². The molecule has 1 atom stereocenters. The number of aromatic nitrogens is 2. The fourth-order valence-electron chi connectivity index (χ4n) is 4.32. The number of amides is 3. The second kappa shape index (κ2) is 7.65. The molecular formula is C23H27N5O4. The number of methoxy groups -OCH3 is 1. The van der Waals surface area contributed by atoms with Gasteiger partial charge < -0.3 is 24.8 Å². The van der Waals surface area contributed by atoms with Crippen molar-refractivity contribution in [1.82, 2.24) is 25.1 Å². The van der Waals surface area contributed by atoms with Crippen molar-refractivity contribution in [3.63, 3.8) is 0 Å². The van der Waals surface area contributed by atoms with Gasteiger partial charge in [0.25, 0.3) is 11.8 Å². The van der Waals surface area contributed by atoms with Crippen LogP contribution in [0.2, 0.25) is 0 Å². The highest BCUT2D eigenvalue weighted by Crippen LogP contribution is 2.39. The average molecular weight is 438 g/mol. The summed E-state index contributed by atoms with van der Waals surface area (Å²) in [5.74, 6) is -0.104. The molecule has 32 heavy (non-hydrogen) atoms. The van der Waals surface area contributed by atoms with E-state index in [1.165, 1.54) is 6.33 Å². The van der Waals surface area contributed by atoms with Gasteiger partial charge in [-0.3, -0.25) is 14.4 Å². The molecule has 2 N–H and O–H groups in total. The van der Waals surface area contributed by atoms with Crippen LogP contribution in [-0.4, -0.2) is 56.9 Å². The van der Waals surface area contributed by atoms with Crippen molar-refractivity contribution >= 4 is 17.7 Å². The minimum absolute atomic E-state index is 0.00206. The first kappa shape index (κ1) is 20.5. The van der Waals surface area contributed by atoms with Gasteiger partial charge in [-0.25, -0.2) is 4.98 Å². The van der Waals surface area contributed by atoms with E-state index in [1.54, 1.807) is 23.5 Å². The molecule has 0 saturated heterocycles. The van der Waals surface area contributed by atoms with Crippen LogP contribution in [0.25, 0.3) is 0 Å². The van der Waals surface area contributed by atoms with Gasteiger partial charge in [0.1, 0.15) is 17.0 Å². The second-order valence-corrected chi connectivity index (χ2v) is 9.03. The summed E-state index contributed by atoms with van der Waals surface area (Å²) in [6.45, 7) is 2.39. The van der Waals surface area contributed by atoms with E-state index in [-0.39, 0.29) is 47.7 Å². The van der Waals surface area contributed by atoms with E-state index in [0.29, 0.717) is 6.54 Å². The SMILES string of the molecule is COc1ccc(CNC(=O)[C@@]2(C)Cn3cnc(C(=O)NC4CC4)c3C(=O)N2C2CC2)cc1. The molecule has 5 rings (SSSR count). The first-order chi connectivity index (χ1) is 15.4. The maximum absolute atomic E-state index is 13.5. The lowest BCUT2D eigenvalue weighted by atomic mass is 9.93. The zero-order chi connectivity index (χ0) is 22.5. The molecule has 0 bridgehead atoms. The van der Waals surface area contributed by atoms with Crippen molar-refractivity contribution in [2.45, 2.75) is 63.3 Å². The third kappa shape index (κ3) is 3.61. The Kier molecular flexibility index (Phi) is 4.91. The highest BCUT2D eigenvalue weighted by atomic mass is 16.5. The smallest absolute Gasteiger partial charge is 0.274 e. The van der Waals surface area contributed by atoms with Crippen LogP contribution in [0.15, 0.2) is 30.6 Å². The van der Waals surface area contributed by atoms with E-state index >= 15 is 0 Å². The Labute approximate surface area is 186 Å². The summed E-state index contributed by atoms with van der Waals surface area (Å²) in [6, 6.07) is 7.65. The predicted molar refractivity (Wildman–Crippen MR) is 115 cm³/mol. The van der Waals surface area contributed by atoms with Gasteiger partial charge in [0, 0.05) is 18.6 Å². The first-order valence-electron chi connectivity index (χ1n) is 11.0. The Bertz CT molecular complexity index is 1070. The van der Waals surface area contributed by atoms with E-state index in [2.05, 4.69) is 15.6 Å². The number of hydrogen-bond donors (Lipinski definition) is 2. The zero-order valence-electron chi connectivity index (χ0n) is 18.3. The van der Waals surface area contributed by atoms with E-state index in [4.69, 9.17) is 4.74 Å². The van der Waals surface area contributed by atoms with E-state index < -0.39 is 5.54 Å². The lowest BCUT2D eigenvalue weighted by Gasteiger charge is -2.44. The van der Waals surface area contributed by atoms with Gasteiger partial charge in [0.05, 0.1) is 20.0 Å². The van der Waals surface area contributed by atoms with Crippen molar-refractivity contribution in [3.05, 3.63) is 47.5 Å². The van der Waals surface area contributed by atoms with Crippen LogP contribution in [0.4, 0.5) is 0 Å². The normalized spacial score (nSPS) is 22.3. The number of nitrogens with zero attached hydrogens (tertiary/aromatic N) is 3. The number of fused-ring (bicyclic) bond motifs is 1. The molecule has 2 heterocycles. The fourth-order valence-corrected chi connectivity index (χ4v) is 4.32. The van der Waals surface area contributed by atoms with Gasteiger partial charge in [-0.05, 0) is 50.3 Å². The molecule has 3 aliphatic rings. The molecule has 0 spiro atoms. The zero-order valence-corrected chi connectivity index (χ0v) is 18.3. The summed E-state index contributed by atoms with van der Waals surface area (Å²) in [6.07, 6.45) is 5.11. The van der Waals surface area contributed by atoms with E-state index in [9.17, 15) is 14.4 Å². The molecule has 2 aromatic rings. The molecule has 1 aliphatic heterocycles. The predicted octanol–water partition coefficient (Wildman–Crippen LogP) is 1.48. The van der Waals surface area contributed by atoms with Crippen LogP contribution >= 0.6 is 0 Å². The van der Waals surface area contributed by atoms with Gasteiger partial charge in [0.2, 0.25) is 5.91 Å². The lowest BCUT2D eigenvalue weighted by Crippen LogP contribution is -2.64. The van der Waals surface area contributed by atoms with Crippen molar-refractivity contribution in [1.29, 1.82) is 0 Å². The number of carbonyl (C=O) groups excluding carboxylic acids is 3. The Hall–Kier alpha value is -3.36. The standard InChI is InChI=1S/C23H27N5O4/c1-23(22(31)24-11-14-3-9-17(32-2)10-4-14)12-27-13-25-18(20(29)26-15-5-6-15)19(27)21(30)28(23)16-7-8-16/h3-4,9-10,13,15-16H,5-8,11-12H2,1-2H3,(H,24,31)(H,26,29)/t23-/m1/s1. The molecule has 3 amide bonds. The lowest BCUT2D eigenvalue weighted by molar-refractivity contribution is -0.133. The molecule has 0 radical (unpaired) electrons. The highest BCUT2D eigenvalue weighted by molar-refractivity contribution is 6.07. The molecular weight excluding hydrogens is 410 g/mol. The molecule has 1 aromatic heterocycles. The number of carbonyl (C=O) groups is 3. The minimum atomic E-state index is -1.07. The summed E-state index contributed by atoms with van der Waals surface area (Å²) in [7, 11) is 1.61. The Morgan fingerprint density at radius 1 is 1.19 bits per heavy atom. The fraction of sp³-hybridized carbons (Fsp3) is 0.478. The topological polar surface area (TPSA) is 106 Å². The second-order valence-electron chi connectivity index (χ2n) is 9.03. The van der Waals surface area contributed by atoms with E-state index in [0.717, 1.165) is 37.0 Å². The van der Waals surface area contributed by atoms with E-state index in [1.807, 2.05) is 24.3 Å². The Morgan fingerprint density at radius 3 is 2.53 bits per heavy atom. The van der Waals surface area contributed by atoms with Gasteiger partial charge in [-0.15, -0.1) is 0 Å². The number of imidazole rings is 1. The number of rotatable bonds is 7. The molecule has 2 fully saturated rings. The van der Waals surface area contributed by atoms with Gasteiger partial charge >= 0.3 is 0 Å². The van der Waals surface area contributed by atoms with Crippen molar-refractivity contribution in [2.75, 3.05) is 7.11 Å². The maximum atomic E-state index is 13.5. The monoisotopic (exact) mass is 437 g/mol. The summed E-state index contributed by atoms with van der Waals surface area (Å²) in [4.78, 5) is 45.4. The maximum Gasteiger partial charge on any atom is 0.274 e. The molecule has 9 nitrogen and oxygen atoms in total. The number of hydrogen-bond acceptors (Lipinski definition) is 5. The number of nitrogens with one attached hydrogen (secondary N) is 2. The van der Waals surface area contributed by atoms with Crippen LogP contribution in [0.1, 0.15) is 59.1 Å². The molecule has 9 heteroatoms. The summed E-state index contributed by atoms with van der Waals surface area (Å²) in [5.41, 5.74) is 0.289. The third-order valence-corrected chi connectivity index (χ3v) is 6.41. The van der Waals surface area contributed by atoms with Crippen molar-refractivity contribution in [2.24, 2.45) is 0 Å². The first-order valence-corrected chi connectivity index (χ1v) is 11.0. The summed E-state index contributed by atoms with van der Waals surface area (Å²) >= 11 is 0. The van der Waals surface area contributed by atoms with Crippen LogP contribution in [0, 0.1) is 0 Å². The molecule has 2 aliphatic carbocycles. The highest BCUT2D eigenvalue weighted by Gasteiger charge is 2.53. The van der Waals surface area contributed by atoms with Crippen molar-refractivity contribution < 1.29 is 19.1 Å². The van der Waals surface area contributed by atoms with Gasteiger partial charge in [-0.2, -0.15) is 0 Å². The molecule has 168 valence electrons. The van der Waals surface area contributed by atoms with Crippen LogP contribution in [0.5, 0.6) is 5.75 Å². The minimum Gasteiger partial charge on any atom is -0.497 e. The average Bonchev–Trinajstić information content (AvgIpc) is 3.72. The number of benzene rings is 1. The summed E-state index contributed by atoms with van der Waals surface area (Å²) < 4.78 is 6.82.